The SMILES string of the molecule is CCCC.Cc1nc(N)c2nc(C)n(NC3CCCCC3)c2c1C. The average molecular weight is 332 g/mol. The molecule has 0 radical (unpaired) electrons. The molecule has 0 amide bonds. The topological polar surface area (TPSA) is 68.8 Å². The fourth-order valence-corrected chi connectivity index (χ4v) is 3.12. The van der Waals surface area contributed by atoms with Gasteiger partial charge in [-0.15, -0.1) is 0 Å². The van der Waals surface area contributed by atoms with E-state index < -0.39 is 0 Å². The van der Waals surface area contributed by atoms with E-state index in [1.807, 2.05) is 13.8 Å². The zero-order chi connectivity index (χ0) is 17.7. The highest BCUT2D eigenvalue weighted by molar-refractivity contribution is 5.88. The van der Waals surface area contributed by atoms with Gasteiger partial charge in [-0.05, 0) is 39.2 Å². The number of nitrogens with zero attached hydrogens (tertiary/aromatic N) is 3. The predicted molar refractivity (Wildman–Crippen MR) is 103 cm³/mol. The standard InChI is InChI=1S/C15H23N5.C4H10/c1-9-10(2)17-15(16)13-14(9)20(11(3)18-13)19-12-7-5-4-6-8-12;1-3-4-2/h12,19H,4-8H2,1-3H3,(H2,16,17);3-4H2,1-2H3. The van der Waals surface area contributed by atoms with Crippen molar-refractivity contribution < 1.29 is 0 Å². The summed E-state index contributed by atoms with van der Waals surface area (Å²) in [4.78, 5) is 8.97. The third-order valence-corrected chi connectivity index (χ3v) is 4.89. The van der Waals surface area contributed by atoms with Crippen molar-refractivity contribution in [1.29, 1.82) is 0 Å². The molecule has 24 heavy (non-hydrogen) atoms. The zero-order valence-electron chi connectivity index (χ0n) is 15.9. The van der Waals surface area contributed by atoms with Crippen LogP contribution in [-0.4, -0.2) is 20.7 Å². The minimum atomic E-state index is 0.524. The maximum Gasteiger partial charge on any atom is 0.151 e. The highest BCUT2D eigenvalue weighted by atomic mass is 15.4. The predicted octanol–water partition coefficient (Wildman–Crippen LogP) is 4.62. The summed E-state index contributed by atoms with van der Waals surface area (Å²) in [5, 5.41) is 0. The van der Waals surface area contributed by atoms with Gasteiger partial charge in [0.05, 0.1) is 5.52 Å². The van der Waals surface area contributed by atoms with Gasteiger partial charge in [0.25, 0.3) is 0 Å². The quantitative estimate of drug-likeness (QED) is 0.861. The minimum Gasteiger partial charge on any atom is -0.382 e. The lowest BCUT2D eigenvalue weighted by Gasteiger charge is -2.25. The van der Waals surface area contributed by atoms with E-state index in [0.717, 1.165) is 28.1 Å². The van der Waals surface area contributed by atoms with E-state index >= 15 is 0 Å². The van der Waals surface area contributed by atoms with E-state index in [2.05, 4.69) is 40.8 Å². The first-order valence-electron chi connectivity index (χ1n) is 9.37. The van der Waals surface area contributed by atoms with Crippen LogP contribution in [0.2, 0.25) is 0 Å². The molecule has 1 fully saturated rings. The number of unbranched alkanes of at least 4 members (excludes halogenated alkanes) is 1. The summed E-state index contributed by atoms with van der Waals surface area (Å²) in [6, 6.07) is 0.536. The second-order valence-corrected chi connectivity index (χ2v) is 6.86. The van der Waals surface area contributed by atoms with Crippen LogP contribution in [0.5, 0.6) is 0 Å². The summed E-state index contributed by atoms with van der Waals surface area (Å²) in [6.07, 6.45) is 9.09. The van der Waals surface area contributed by atoms with Crippen molar-refractivity contribution >= 4 is 16.9 Å². The first-order valence-corrected chi connectivity index (χ1v) is 9.37. The maximum atomic E-state index is 6.03. The van der Waals surface area contributed by atoms with Gasteiger partial charge in [0.1, 0.15) is 11.3 Å². The van der Waals surface area contributed by atoms with Gasteiger partial charge in [0.15, 0.2) is 5.82 Å². The largest absolute Gasteiger partial charge is 0.382 e. The van der Waals surface area contributed by atoms with Crippen LogP contribution in [0, 0.1) is 20.8 Å². The molecule has 2 heterocycles. The average Bonchev–Trinajstić information content (AvgIpc) is 2.91. The number of hydrogen-bond acceptors (Lipinski definition) is 4. The van der Waals surface area contributed by atoms with E-state index in [0.29, 0.717) is 11.9 Å². The number of nitrogen functional groups attached to an aromatic ring is 1. The third kappa shape index (κ3) is 4.00. The summed E-state index contributed by atoms with van der Waals surface area (Å²) >= 11 is 0. The number of aromatic nitrogens is 3. The molecule has 134 valence electrons. The molecule has 1 aliphatic carbocycles. The highest BCUT2D eigenvalue weighted by Crippen LogP contribution is 2.26. The Bertz CT molecular complexity index is 666. The van der Waals surface area contributed by atoms with Gasteiger partial charge in [-0.1, -0.05) is 46.0 Å². The fraction of sp³-hybridized carbons (Fsp3) is 0.684. The molecular weight excluding hydrogens is 298 g/mol. The third-order valence-electron chi connectivity index (χ3n) is 4.89. The monoisotopic (exact) mass is 331 g/mol. The van der Waals surface area contributed by atoms with Crippen molar-refractivity contribution in [2.75, 3.05) is 11.2 Å². The number of anilines is 1. The van der Waals surface area contributed by atoms with Crippen LogP contribution in [-0.2, 0) is 0 Å². The number of aryl methyl sites for hydroxylation is 3. The Morgan fingerprint density at radius 1 is 1.04 bits per heavy atom. The van der Waals surface area contributed by atoms with Gasteiger partial charge in [-0.3, -0.25) is 0 Å². The first-order chi connectivity index (χ1) is 11.5. The smallest absolute Gasteiger partial charge is 0.151 e. The number of pyridine rings is 1. The molecule has 1 saturated carbocycles. The van der Waals surface area contributed by atoms with E-state index in [9.17, 15) is 0 Å². The van der Waals surface area contributed by atoms with Crippen LogP contribution < -0.4 is 11.2 Å². The molecule has 5 nitrogen and oxygen atoms in total. The van der Waals surface area contributed by atoms with Gasteiger partial charge >= 0.3 is 0 Å². The molecule has 0 aromatic carbocycles. The van der Waals surface area contributed by atoms with Gasteiger partial charge < -0.3 is 11.2 Å². The molecule has 3 rings (SSSR count). The first kappa shape index (κ1) is 18.6. The number of imidazole rings is 1. The van der Waals surface area contributed by atoms with Crippen molar-refractivity contribution in [2.24, 2.45) is 0 Å². The summed E-state index contributed by atoms with van der Waals surface area (Å²) in [6.45, 7) is 10.5. The lowest BCUT2D eigenvalue weighted by atomic mass is 9.96. The van der Waals surface area contributed by atoms with Gasteiger partial charge in [-0.25, -0.2) is 14.6 Å². The molecule has 3 N–H and O–H groups in total. The molecule has 0 unspecified atom stereocenters. The van der Waals surface area contributed by atoms with E-state index in [1.165, 1.54) is 44.9 Å². The van der Waals surface area contributed by atoms with E-state index in [-0.39, 0.29) is 0 Å². The number of nitrogens with two attached hydrogens (primary N) is 1. The van der Waals surface area contributed by atoms with Crippen LogP contribution in [0.3, 0.4) is 0 Å². The molecule has 0 saturated heterocycles. The molecule has 5 heteroatoms. The summed E-state index contributed by atoms with van der Waals surface area (Å²) in [5.41, 5.74) is 13.7. The van der Waals surface area contributed by atoms with Gasteiger partial charge in [0, 0.05) is 11.7 Å². The Balaban J connectivity index is 0.000000471. The van der Waals surface area contributed by atoms with E-state index in [1.54, 1.807) is 0 Å². The number of fused-ring (bicyclic) bond motifs is 1. The molecule has 2 aromatic rings. The van der Waals surface area contributed by atoms with Gasteiger partial charge in [-0.2, -0.15) is 0 Å². The normalized spacial score (nSPS) is 15.2. The molecule has 1 aliphatic rings. The molecule has 0 aliphatic heterocycles. The van der Waals surface area contributed by atoms with Crippen molar-refractivity contribution in [3.63, 3.8) is 0 Å². The minimum absolute atomic E-state index is 0.524. The van der Waals surface area contributed by atoms with Crippen molar-refractivity contribution in [3.8, 4) is 0 Å². The Kier molecular flexibility index (Phi) is 6.46. The molecule has 0 bridgehead atoms. The lowest BCUT2D eigenvalue weighted by Crippen LogP contribution is -2.30. The van der Waals surface area contributed by atoms with Crippen LogP contribution >= 0.6 is 0 Å². The number of nitrogens with one attached hydrogen (secondary N) is 1. The van der Waals surface area contributed by atoms with Crippen LogP contribution in [0.25, 0.3) is 11.0 Å². The van der Waals surface area contributed by atoms with Crippen LogP contribution in [0.4, 0.5) is 5.82 Å². The molecule has 0 spiro atoms. The Labute approximate surface area is 146 Å². The number of rotatable bonds is 3. The fourth-order valence-electron chi connectivity index (χ4n) is 3.12. The Hall–Kier alpha value is -1.78. The zero-order valence-corrected chi connectivity index (χ0v) is 15.9. The molecule has 2 aromatic heterocycles. The number of hydrogen-bond donors (Lipinski definition) is 2. The maximum absolute atomic E-state index is 6.03. The summed E-state index contributed by atoms with van der Waals surface area (Å²) in [7, 11) is 0. The summed E-state index contributed by atoms with van der Waals surface area (Å²) < 4.78 is 2.12. The Morgan fingerprint density at radius 2 is 1.67 bits per heavy atom. The van der Waals surface area contributed by atoms with Crippen molar-refractivity contribution in [3.05, 3.63) is 17.1 Å². The molecule has 0 atom stereocenters. The van der Waals surface area contributed by atoms with Crippen LogP contribution in [0.15, 0.2) is 0 Å². The van der Waals surface area contributed by atoms with Crippen LogP contribution in [0.1, 0.15) is 75.9 Å². The van der Waals surface area contributed by atoms with Crippen molar-refractivity contribution in [2.45, 2.75) is 85.6 Å². The Morgan fingerprint density at radius 3 is 2.25 bits per heavy atom. The summed E-state index contributed by atoms with van der Waals surface area (Å²) in [5.74, 6) is 1.48. The second-order valence-electron chi connectivity index (χ2n) is 6.86. The lowest BCUT2D eigenvalue weighted by molar-refractivity contribution is 0.438. The highest BCUT2D eigenvalue weighted by Gasteiger charge is 2.19. The van der Waals surface area contributed by atoms with Crippen molar-refractivity contribution in [1.82, 2.24) is 14.6 Å². The molecular formula is C19H33N5. The van der Waals surface area contributed by atoms with Gasteiger partial charge in [0.2, 0.25) is 0 Å². The van der Waals surface area contributed by atoms with E-state index in [4.69, 9.17) is 5.73 Å². The second kappa shape index (κ2) is 8.36.